The maximum atomic E-state index is 3.64. The molecule has 2 nitrogen and oxygen atoms in total. The van der Waals surface area contributed by atoms with Crippen LogP contribution < -0.4 is 5.32 Å². The second-order valence-corrected chi connectivity index (χ2v) is 6.63. The third-order valence-electron chi connectivity index (χ3n) is 4.25. The SMILES string of the molecule is CCNC1CC2CCC(C1)N2CC(C)SC. The molecule has 3 heteroatoms. The lowest BCUT2D eigenvalue weighted by molar-refractivity contribution is 0.119. The van der Waals surface area contributed by atoms with E-state index in [0.717, 1.165) is 29.9 Å². The summed E-state index contributed by atoms with van der Waals surface area (Å²) in [6.07, 6.45) is 7.87. The molecule has 16 heavy (non-hydrogen) atoms. The van der Waals surface area contributed by atoms with E-state index in [1.54, 1.807) is 0 Å². The Morgan fingerprint density at radius 1 is 1.31 bits per heavy atom. The van der Waals surface area contributed by atoms with Crippen LogP contribution in [0.15, 0.2) is 0 Å². The third kappa shape index (κ3) is 2.74. The Kier molecular flexibility index (Phi) is 4.57. The van der Waals surface area contributed by atoms with Crippen molar-refractivity contribution >= 4 is 11.8 Å². The van der Waals surface area contributed by atoms with E-state index in [0.29, 0.717) is 0 Å². The van der Waals surface area contributed by atoms with Crippen molar-refractivity contribution in [2.45, 2.75) is 62.9 Å². The molecular weight excluding hydrogens is 216 g/mol. The molecule has 0 aromatic carbocycles. The van der Waals surface area contributed by atoms with Crippen molar-refractivity contribution < 1.29 is 0 Å². The van der Waals surface area contributed by atoms with E-state index in [4.69, 9.17) is 0 Å². The number of hydrogen-bond donors (Lipinski definition) is 1. The predicted molar refractivity (Wildman–Crippen MR) is 73.2 cm³/mol. The van der Waals surface area contributed by atoms with Gasteiger partial charge in [0, 0.05) is 29.9 Å². The lowest BCUT2D eigenvalue weighted by Gasteiger charge is -2.40. The van der Waals surface area contributed by atoms with Gasteiger partial charge in [0.1, 0.15) is 0 Å². The second-order valence-electron chi connectivity index (χ2n) is 5.35. The van der Waals surface area contributed by atoms with Gasteiger partial charge in [-0.25, -0.2) is 0 Å². The van der Waals surface area contributed by atoms with Crippen LogP contribution in [-0.2, 0) is 0 Å². The van der Waals surface area contributed by atoms with Gasteiger partial charge in [-0.05, 0) is 38.5 Å². The molecule has 1 N–H and O–H groups in total. The van der Waals surface area contributed by atoms with E-state index in [-0.39, 0.29) is 0 Å². The van der Waals surface area contributed by atoms with E-state index in [2.05, 4.69) is 30.3 Å². The van der Waals surface area contributed by atoms with Crippen molar-refractivity contribution in [3.8, 4) is 0 Å². The molecule has 94 valence electrons. The quantitative estimate of drug-likeness (QED) is 0.797. The summed E-state index contributed by atoms with van der Waals surface area (Å²) in [6.45, 7) is 7.02. The minimum atomic E-state index is 0.791. The van der Waals surface area contributed by atoms with Gasteiger partial charge in [-0.2, -0.15) is 11.8 Å². The maximum Gasteiger partial charge on any atom is 0.0144 e. The van der Waals surface area contributed by atoms with Gasteiger partial charge in [-0.3, -0.25) is 4.90 Å². The first-order chi connectivity index (χ1) is 7.74. The Bertz CT molecular complexity index is 208. The summed E-state index contributed by atoms with van der Waals surface area (Å²) in [6, 6.07) is 2.54. The number of nitrogens with zero attached hydrogens (tertiary/aromatic N) is 1. The summed E-state index contributed by atoms with van der Waals surface area (Å²) in [5.74, 6) is 0. The third-order valence-corrected chi connectivity index (χ3v) is 5.20. The van der Waals surface area contributed by atoms with Crippen LogP contribution in [0.1, 0.15) is 39.5 Å². The van der Waals surface area contributed by atoms with Gasteiger partial charge in [0.25, 0.3) is 0 Å². The number of fused-ring (bicyclic) bond motifs is 2. The lowest BCUT2D eigenvalue weighted by Crippen LogP contribution is -2.50. The van der Waals surface area contributed by atoms with Crippen molar-refractivity contribution in [2.24, 2.45) is 0 Å². The lowest BCUT2D eigenvalue weighted by atomic mass is 9.97. The number of nitrogens with one attached hydrogen (secondary N) is 1. The molecule has 0 amide bonds. The molecule has 2 rings (SSSR count). The van der Waals surface area contributed by atoms with Gasteiger partial charge >= 0.3 is 0 Å². The highest BCUT2D eigenvalue weighted by molar-refractivity contribution is 7.99. The van der Waals surface area contributed by atoms with Gasteiger partial charge in [-0.15, -0.1) is 0 Å². The number of piperidine rings is 1. The highest BCUT2D eigenvalue weighted by Crippen LogP contribution is 2.36. The molecule has 3 unspecified atom stereocenters. The van der Waals surface area contributed by atoms with E-state index >= 15 is 0 Å². The molecule has 0 aliphatic carbocycles. The Morgan fingerprint density at radius 3 is 2.44 bits per heavy atom. The molecule has 2 aliphatic rings. The first-order valence-corrected chi connectivity index (χ1v) is 8.05. The van der Waals surface area contributed by atoms with Crippen molar-refractivity contribution in [3.05, 3.63) is 0 Å². The molecule has 0 aromatic rings. The standard InChI is InChI=1S/C13H26N2S/c1-4-14-11-7-12-5-6-13(8-11)15(12)9-10(2)16-3/h10-14H,4-9H2,1-3H3. The number of hydrogen-bond acceptors (Lipinski definition) is 3. The minimum Gasteiger partial charge on any atom is -0.314 e. The van der Waals surface area contributed by atoms with Gasteiger partial charge in [0.2, 0.25) is 0 Å². The molecule has 0 spiro atoms. The van der Waals surface area contributed by atoms with Crippen LogP contribution in [0, 0.1) is 0 Å². The average molecular weight is 242 g/mol. The minimum absolute atomic E-state index is 0.791. The van der Waals surface area contributed by atoms with Gasteiger partial charge in [0.15, 0.2) is 0 Å². The predicted octanol–water partition coefficient (Wildman–Crippen LogP) is 2.34. The maximum absolute atomic E-state index is 3.64. The van der Waals surface area contributed by atoms with Crippen LogP contribution in [-0.4, -0.2) is 47.6 Å². The summed E-state index contributed by atoms with van der Waals surface area (Å²) in [5, 5.41) is 4.43. The van der Waals surface area contributed by atoms with Crippen LogP contribution in [0.3, 0.4) is 0 Å². The van der Waals surface area contributed by atoms with Crippen molar-refractivity contribution in [1.29, 1.82) is 0 Å². The van der Waals surface area contributed by atoms with E-state index in [9.17, 15) is 0 Å². The molecule has 2 heterocycles. The Labute approximate surface area is 105 Å². The van der Waals surface area contributed by atoms with Crippen LogP contribution in [0.25, 0.3) is 0 Å². The monoisotopic (exact) mass is 242 g/mol. The number of rotatable bonds is 5. The fourth-order valence-corrected chi connectivity index (χ4v) is 3.72. The van der Waals surface area contributed by atoms with Crippen molar-refractivity contribution in [1.82, 2.24) is 10.2 Å². The topological polar surface area (TPSA) is 15.3 Å². The fourth-order valence-electron chi connectivity index (χ4n) is 3.40. The summed E-state index contributed by atoms with van der Waals surface area (Å²) >= 11 is 2.00. The van der Waals surface area contributed by atoms with Crippen molar-refractivity contribution in [2.75, 3.05) is 19.3 Å². The van der Waals surface area contributed by atoms with Gasteiger partial charge in [-0.1, -0.05) is 13.8 Å². The zero-order valence-corrected chi connectivity index (χ0v) is 11.7. The van der Waals surface area contributed by atoms with Gasteiger partial charge < -0.3 is 5.32 Å². The van der Waals surface area contributed by atoms with E-state index in [1.165, 1.54) is 32.2 Å². The molecular formula is C13H26N2S. The highest BCUT2D eigenvalue weighted by Gasteiger charge is 2.40. The molecule has 3 atom stereocenters. The molecule has 0 saturated carbocycles. The molecule has 2 fully saturated rings. The van der Waals surface area contributed by atoms with Crippen LogP contribution in [0.4, 0.5) is 0 Å². The highest BCUT2D eigenvalue weighted by atomic mass is 32.2. The van der Waals surface area contributed by atoms with Crippen LogP contribution in [0.5, 0.6) is 0 Å². The number of thioether (sulfide) groups is 1. The Hall–Kier alpha value is 0.270. The summed E-state index contributed by atoms with van der Waals surface area (Å²) in [5.41, 5.74) is 0. The Balaban J connectivity index is 1.89. The first-order valence-electron chi connectivity index (χ1n) is 6.76. The average Bonchev–Trinajstić information content (AvgIpc) is 2.52. The second kappa shape index (κ2) is 5.74. The first kappa shape index (κ1) is 12.7. The van der Waals surface area contributed by atoms with Crippen molar-refractivity contribution in [3.63, 3.8) is 0 Å². The molecule has 2 aliphatic heterocycles. The normalized spacial score (nSPS) is 36.6. The zero-order valence-electron chi connectivity index (χ0n) is 10.9. The zero-order chi connectivity index (χ0) is 11.5. The molecule has 0 radical (unpaired) electrons. The smallest absolute Gasteiger partial charge is 0.0144 e. The summed E-state index contributed by atoms with van der Waals surface area (Å²) < 4.78 is 0. The van der Waals surface area contributed by atoms with E-state index < -0.39 is 0 Å². The van der Waals surface area contributed by atoms with E-state index in [1.807, 2.05) is 11.8 Å². The summed E-state index contributed by atoms with van der Waals surface area (Å²) in [7, 11) is 0. The Morgan fingerprint density at radius 2 is 1.94 bits per heavy atom. The summed E-state index contributed by atoms with van der Waals surface area (Å²) in [4.78, 5) is 2.80. The molecule has 0 aromatic heterocycles. The molecule has 2 bridgehead atoms. The van der Waals surface area contributed by atoms with Gasteiger partial charge in [0.05, 0.1) is 0 Å². The van der Waals surface area contributed by atoms with Crippen LogP contribution in [0.2, 0.25) is 0 Å². The van der Waals surface area contributed by atoms with Crippen LogP contribution >= 0.6 is 11.8 Å². The largest absolute Gasteiger partial charge is 0.314 e. The molecule has 2 saturated heterocycles. The fraction of sp³-hybridized carbons (Fsp3) is 1.00.